The molecule has 3 amide bonds. The summed E-state index contributed by atoms with van der Waals surface area (Å²) in [6, 6.07) is 14.8. The molecule has 3 aromatic carbocycles. The first-order chi connectivity index (χ1) is 18.1. The molecule has 38 heavy (non-hydrogen) atoms. The van der Waals surface area contributed by atoms with Crippen LogP contribution in [-0.4, -0.2) is 36.3 Å². The number of benzene rings is 3. The molecule has 1 aliphatic heterocycles. The van der Waals surface area contributed by atoms with Gasteiger partial charge in [0.05, 0.1) is 0 Å². The number of fused-ring (bicyclic) bond motifs is 1. The Balaban J connectivity index is 1.40. The molecule has 1 saturated carbocycles. The Morgan fingerprint density at radius 2 is 1.63 bits per heavy atom. The third kappa shape index (κ3) is 5.14. The summed E-state index contributed by atoms with van der Waals surface area (Å²) >= 11 is 0. The van der Waals surface area contributed by atoms with Crippen LogP contribution in [0.1, 0.15) is 46.7 Å². The maximum Gasteiger partial charge on any atom is 0.252 e. The Morgan fingerprint density at radius 3 is 2.29 bits per heavy atom. The number of hydrogen-bond donors (Lipinski definition) is 2. The van der Waals surface area contributed by atoms with Crippen molar-refractivity contribution in [1.82, 2.24) is 10.6 Å². The molecule has 0 bridgehead atoms. The zero-order valence-electron chi connectivity index (χ0n) is 20.6. The van der Waals surface area contributed by atoms with E-state index in [1.54, 1.807) is 36.4 Å². The molecule has 2 N–H and O–H groups in total. The number of nitrogens with zero attached hydrogens (tertiary/aromatic N) is 1. The van der Waals surface area contributed by atoms with Crippen molar-refractivity contribution < 1.29 is 27.6 Å². The number of amides is 3. The predicted octanol–water partition coefficient (Wildman–Crippen LogP) is 4.24. The van der Waals surface area contributed by atoms with E-state index >= 15 is 0 Å². The first-order valence-electron chi connectivity index (χ1n) is 12.4. The molecule has 0 aromatic heterocycles. The highest BCUT2D eigenvalue weighted by Crippen LogP contribution is 2.39. The van der Waals surface area contributed by atoms with Gasteiger partial charge in [0.25, 0.3) is 5.91 Å². The molecule has 2 atom stereocenters. The van der Waals surface area contributed by atoms with Crippen LogP contribution in [-0.2, 0) is 16.0 Å². The molecule has 1 fully saturated rings. The molecule has 0 saturated heterocycles. The molecule has 5 rings (SSSR count). The number of likely N-dealkylation sites (N-methyl/N-ethyl adjacent to an activating group) is 1. The van der Waals surface area contributed by atoms with Crippen molar-refractivity contribution in [2.45, 2.75) is 43.2 Å². The SMILES string of the molecule is CN1C(=O)[C@H](NC(=O)C2(NC(=O)c3ccccc3)CC2)CC(Cc2cc(F)cc(F)c2)c2ccc(F)cc21. The third-order valence-electron chi connectivity index (χ3n) is 7.23. The number of halogens is 3. The van der Waals surface area contributed by atoms with Crippen LogP contribution in [0.4, 0.5) is 18.9 Å². The summed E-state index contributed by atoms with van der Waals surface area (Å²) < 4.78 is 42.0. The van der Waals surface area contributed by atoms with E-state index in [2.05, 4.69) is 10.6 Å². The summed E-state index contributed by atoms with van der Waals surface area (Å²) in [6.07, 6.45) is 1.13. The summed E-state index contributed by atoms with van der Waals surface area (Å²) in [6.45, 7) is 0. The molecule has 0 spiro atoms. The van der Waals surface area contributed by atoms with Gasteiger partial charge in [0.15, 0.2) is 0 Å². The molecule has 1 heterocycles. The van der Waals surface area contributed by atoms with Gasteiger partial charge >= 0.3 is 0 Å². The van der Waals surface area contributed by atoms with E-state index in [4.69, 9.17) is 0 Å². The fourth-order valence-corrected chi connectivity index (χ4v) is 5.05. The third-order valence-corrected chi connectivity index (χ3v) is 7.23. The minimum Gasteiger partial charge on any atom is -0.342 e. The van der Waals surface area contributed by atoms with Crippen molar-refractivity contribution in [2.75, 3.05) is 11.9 Å². The Morgan fingerprint density at radius 1 is 0.947 bits per heavy atom. The van der Waals surface area contributed by atoms with E-state index in [0.29, 0.717) is 35.2 Å². The van der Waals surface area contributed by atoms with Crippen LogP contribution in [0.2, 0.25) is 0 Å². The second-order valence-corrected chi connectivity index (χ2v) is 9.94. The Labute approximate surface area is 217 Å². The fraction of sp³-hybridized carbons (Fsp3) is 0.276. The van der Waals surface area contributed by atoms with E-state index in [1.807, 2.05) is 0 Å². The van der Waals surface area contributed by atoms with Gasteiger partial charge in [-0.1, -0.05) is 24.3 Å². The zero-order valence-corrected chi connectivity index (χ0v) is 20.6. The summed E-state index contributed by atoms with van der Waals surface area (Å²) in [5.74, 6) is -3.78. The lowest BCUT2D eigenvalue weighted by molar-refractivity contribution is -0.129. The predicted molar refractivity (Wildman–Crippen MR) is 135 cm³/mol. The summed E-state index contributed by atoms with van der Waals surface area (Å²) in [5.41, 5.74) is 0.614. The average Bonchev–Trinajstić information content (AvgIpc) is 3.68. The van der Waals surface area contributed by atoms with Crippen LogP contribution < -0.4 is 15.5 Å². The molecule has 3 aromatic rings. The molecular weight excluding hydrogens is 495 g/mol. The number of rotatable bonds is 6. The van der Waals surface area contributed by atoms with Gasteiger partial charge in [-0.3, -0.25) is 14.4 Å². The molecule has 1 aliphatic carbocycles. The van der Waals surface area contributed by atoms with Crippen LogP contribution in [0.5, 0.6) is 0 Å². The lowest BCUT2D eigenvalue weighted by Gasteiger charge is -2.25. The van der Waals surface area contributed by atoms with E-state index in [9.17, 15) is 27.6 Å². The van der Waals surface area contributed by atoms with Gasteiger partial charge < -0.3 is 15.5 Å². The normalized spacial score (nSPS) is 19.8. The highest BCUT2D eigenvalue weighted by Gasteiger charge is 2.52. The minimum absolute atomic E-state index is 0.119. The smallest absolute Gasteiger partial charge is 0.252 e. The topological polar surface area (TPSA) is 78.5 Å². The maximum absolute atomic E-state index is 14.2. The minimum atomic E-state index is -1.13. The van der Waals surface area contributed by atoms with E-state index in [0.717, 1.165) is 6.07 Å². The maximum atomic E-state index is 14.2. The van der Waals surface area contributed by atoms with Crippen molar-refractivity contribution in [3.05, 3.63) is 101 Å². The fourth-order valence-electron chi connectivity index (χ4n) is 5.05. The number of anilines is 1. The van der Waals surface area contributed by atoms with Crippen molar-refractivity contribution >= 4 is 23.4 Å². The van der Waals surface area contributed by atoms with E-state index < -0.39 is 52.7 Å². The van der Waals surface area contributed by atoms with Gasteiger partial charge in [-0.2, -0.15) is 0 Å². The molecule has 9 heteroatoms. The summed E-state index contributed by atoms with van der Waals surface area (Å²) in [4.78, 5) is 40.8. The summed E-state index contributed by atoms with van der Waals surface area (Å²) in [7, 11) is 1.49. The van der Waals surface area contributed by atoms with Gasteiger partial charge in [0, 0.05) is 24.4 Å². The van der Waals surface area contributed by atoms with Gasteiger partial charge in [-0.05, 0) is 79.1 Å². The first kappa shape index (κ1) is 25.5. The van der Waals surface area contributed by atoms with Gasteiger partial charge in [0.1, 0.15) is 29.0 Å². The molecule has 0 radical (unpaired) electrons. The lowest BCUT2D eigenvalue weighted by atomic mass is 9.86. The molecular formula is C29H26F3N3O3. The largest absolute Gasteiger partial charge is 0.342 e. The zero-order chi connectivity index (χ0) is 27.0. The van der Waals surface area contributed by atoms with Crippen molar-refractivity contribution in [3.63, 3.8) is 0 Å². The Bertz CT molecular complexity index is 1390. The van der Waals surface area contributed by atoms with Crippen LogP contribution in [0.15, 0.2) is 66.7 Å². The number of nitrogens with one attached hydrogen (secondary N) is 2. The monoisotopic (exact) mass is 521 g/mol. The number of carbonyl (C=O) groups excluding carboxylic acids is 3. The number of hydrogen-bond acceptors (Lipinski definition) is 3. The molecule has 1 unspecified atom stereocenters. The van der Waals surface area contributed by atoms with Crippen molar-refractivity contribution in [2.24, 2.45) is 0 Å². The summed E-state index contributed by atoms with van der Waals surface area (Å²) in [5, 5.41) is 5.59. The van der Waals surface area contributed by atoms with Crippen molar-refractivity contribution in [3.8, 4) is 0 Å². The van der Waals surface area contributed by atoms with Gasteiger partial charge in [-0.15, -0.1) is 0 Å². The van der Waals surface area contributed by atoms with Crippen LogP contribution in [0, 0.1) is 17.5 Å². The molecule has 6 nitrogen and oxygen atoms in total. The molecule has 196 valence electrons. The second-order valence-electron chi connectivity index (χ2n) is 9.94. The van der Waals surface area contributed by atoms with Crippen LogP contribution >= 0.6 is 0 Å². The van der Waals surface area contributed by atoms with E-state index in [1.165, 1.54) is 36.2 Å². The highest BCUT2D eigenvalue weighted by molar-refractivity contribution is 6.04. The van der Waals surface area contributed by atoms with Gasteiger partial charge in [0.2, 0.25) is 11.8 Å². The standard InChI is InChI=1S/C29H26F3N3O3/c1-35-25-16-20(30)7-8-23(25)19(11-17-12-21(31)15-22(32)13-17)14-24(27(35)37)33-28(38)29(9-10-29)34-26(36)18-5-3-2-4-6-18/h2-8,12-13,15-16,19,24H,9-11,14H2,1H3,(H,33,38)(H,34,36)/t19?,24-/m1/s1. The quantitative estimate of drug-likeness (QED) is 0.509. The van der Waals surface area contributed by atoms with E-state index in [-0.39, 0.29) is 12.8 Å². The van der Waals surface area contributed by atoms with Crippen molar-refractivity contribution in [1.29, 1.82) is 0 Å². The second kappa shape index (κ2) is 9.96. The highest BCUT2D eigenvalue weighted by atomic mass is 19.1. The Hall–Kier alpha value is -4.14. The van der Waals surface area contributed by atoms with Crippen LogP contribution in [0.3, 0.4) is 0 Å². The van der Waals surface area contributed by atoms with Crippen LogP contribution in [0.25, 0.3) is 0 Å². The number of carbonyl (C=O) groups is 3. The molecule has 2 aliphatic rings. The first-order valence-corrected chi connectivity index (χ1v) is 12.4. The lowest BCUT2D eigenvalue weighted by Crippen LogP contribution is -2.55. The Kier molecular flexibility index (Phi) is 6.69. The van der Waals surface area contributed by atoms with Gasteiger partial charge in [-0.25, -0.2) is 13.2 Å². The average molecular weight is 522 g/mol.